The van der Waals surface area contributed by atoms with E-state index >= 15 is 0 Å². The highest BCUT2D eigenvalue weighted by molar-refractivity contribution is 7.09. The van der Waals surface area contributed by atoms with Gasteiger partial charge < -0.3 is 4.74 Å². The largest absolute Gasteiger partial charge is 0.384 e. The van der Waals surface area contributed by atoms with E-state index in [2.05, 4.69) is 4.98 Å². The molecular formula is C8H11NO2S. The summed E-state index contributed by atoms with van der Waals surface area (Å²) in [5.41, 5.74) is 0.561. The van der Waals surface area contributed by atoms with Crippen LogP contribution in [-0.2, 0) is 11.2 Å². The van der Waals surface area contributed by atoms with Gasteiger partial charge in [0, 0.05) is 25.8 Å². The molecule has 0 N–H and O–H groups in total. The first-order valence-electron chi connectivity index (χ1n) is 3.68. The Hall–Kier alpha value is -0.740. The Bertz CT molecular complexity index is 270. The van der Waals surface area contributed by atoms with Crippen molar-refractivity contribution in [3.05, 3.63) is 16.1 Å². The number of carbonyl (C=O) groups excluding carboxylic acids is 1. The summed E-state index contributed by atoms with van der Waals surface area (Å²) in [6.45, 7) is 2.18. The molecule has 4 heteroatoms. The fourth-order valence-corrected chi connectivity index (χ4v) is 1.60. The number of ether oxygens (including phenoxy) is 1. The fourth-order valence-electron chi connectivity index (χ4n) is 0.777. The minimum absolute atomic E-state index is 0.0231. The molecule has 0 aliphatic rings. The van der Waals surface area contributed by atoms with Gasteiger partial charge in [0.05, 0.1) is 11.6 Å². The highest BCUT2D eigenvalue weighted by Crippen LogP contribution is 2.10. The van der Waals surface area contributed by atoms with Crippen LogP contribution >= 0.6 is 11.3 Å². The molecule has 3 nitrogen and oxygen atoms in total. The zero-order chi connectivity index (χ0) is 8.97. The van der Waals surface area contributed by atoms with Gasteiger partial charge in [0.25, 0.3) is 0 Å². The van der Waals surface area contributed by atoms with E-state index in [0.29, 0.717) is 12.3 Å². The first kappa shape index (κ1) is 9.35. The fraction of sp³-hybridized carbons (Fsp3) is 0.500. The minimum atomic E-state index is 0.0231. The number of Topliss-reactive ketones (excluding diaryl/α,β-unsaturated/α-hetero) is 1. The van der Waals surface area contributed by atoms with Gasteiger partial charge in [-0.2, -0.15) is 0 Å². The van der Waals surface area contributed by atoms with Crippen LogP contribution in [0.15, 0.2) is 5.38 Å². The molecule has 0 aliphatic carbocycles. The van der Waals surface area contributed by atoms with Crippen molar-refractivity contribution in [1.29, 1.82) is 0 Å². The van der Waals surface area contributed by atoms with Gasteiger partial charge in [0.1, 0.15) is 5.69 Å². The molecule has 0 aromatic carbocycles. The molecule has 0 saturated heterocycles. The second kappa shape index (κ2) is 4.33. The van der Waals surface area contributed by atoms with E-state index in [1.165, 1.54) is 18.3 Å². The smallest absolute Gasteiger partial charge is 0.178 e. The predicted octanol–water partition coefficient (Wildman–Crippen LogP) is 1.53. The number of hydrogen-bond acceptors (Lipinski definition) is 4. The van der Waals surface area contributed by atoms with Crippen molar-refractivity contribution in [2.75, 3.05) is 13.7 Å². The van der Waals surface area contributed by atoms with E-state index in [-0.39, 0.29) is 5.78 Å². The van der Waals surface area contributed by atoms with E-state index in [1.807, 2.05) is 0 Å². The molecule has 0 aliphatic heterocycles. The maximum absolute atomic E-state index is 10.8. The van der Waals surface area contributed by atoms with Gasteiger partial charge in [-0.3, -0.25) is 4.79 Å². The molecule has 0 amide bonds. The van der Waals surface area contributed by atoms with Crippen LogP contribution in [0.5, 0.6) is 0 Å². The van der Waals surface area contributed by atoms with Gasteiger partial charge in [0.2, 0.25) is 0 Å². The van der Waals surface area contributed by atoms with Gasteiger partial charge in [-0.15, -0.1) is 11.3 Å². The van der Waals surface area contributed by atoms with Gasteiger partial charge >= 0.3 is 0 Å². The van der Waals surface area contributed by atoms with Crippen LogP contribution in [0.3, 0.4) is 0 Å². The maximum Gasteiger partial charge on any atom is 0.178 e. The Morgan fingerprint density at radius 2 is 2.50 bits per heavy atom. The van der Waals surface area contributed by atoms with E-state index in [0.717, 1.165) is 11.4 Å². The summed E-state index contributed by atoms with van der Waals surface area (Å²) >= 11 is 1.51. The van der Waals surface area contributed by atoms with E-state index in [4.69, 9.17) is 4.74 Å². The van der Waals surface area contributed by atoms with Crippen molar-refractivity contribution >= 4 is 17.1 Å². The Morgan fingerprint density at radius 3 is 3.00 bits per heavy atom. The van der Waals surface area contributed by atoms with Crippen molar-refractivity contribution in [1.82, 2.24) is 4.98 Å². The van der Waals surface area contributed by atoms with Crippen LogP contribution in [0, 0.1) is 0 Å². The molecule has 66 valence electrons. The highest BCUT2D eigenvalue weighted by atomic mass is 32.1. The van der Waals surface area contributed by atoms with E-state index < -0.39 is 0 Å². The summed E-state index contributed by atoms with van der Waals surface area (Å²) < 4.78 is 4.90. The average Bonchev–Trinajstić information content (AvgIpc) is 2.48. The third-order valence-electron chi connectivity index (χ3n) is 1.43. The topological polar surface area (TPSA) is 39.2 Å². The van der Waals surface area contributed by atoms with Crippen molar-refractivity contribution in [3.63, 3.8) is 0 Å². The van der Waals surface area contributed by atoms with Crippen molar-refractivity contribution in [3.8, 4) is 0 Å². The lowest BCUT2D eigenvalue weighted by atomic mass is 10.3. The number of aromatic nitrogens is 1. The van der Waals surface area contributed by atoms with Crippen LogP contribution in [0.2, 0.25) is 0 Å². The monoisotopic (exact) mass is 185 g/mol. The van der Waals surface area contributed by atoms with Crippen LogP contribution in [-0.4, -0.2) is 24.5 Å². The van der Waals surface area contributed by atoms with E-state index in [1.54, 1.807) is 12.5 Å². The molecule has 0 bridgehead atoms. The van der Waals surface area contributed by atoms with Crippen molar-refractivity contribution in [2.45, 2.75) is 13.3 Å². The summed E-state index contributed by atoms with van der Waals surface area (Å²) in [6.07, 6.45) is 0.786. The third kappa shape index (κ3) is 2.39. The van der Waals surface area contributed by atoms with Crippen LogP contribution < -0.4 is 0 Å². The molecule has 0 atom stereocenters. The van der Waals surface area contributed by atoms with Gasteiger partial charge in [-0.1, -0.05) is 0 Å². The number of ketones is 1. The summed E-state index contributed by atoms with van der Waals surface area (Å²) in [6, 6.07) is 0. The molecule has 1 aromatic heterocycles. The standard InChI is InChI=1S/C8H11NO2S/c1-6(10)7-5-12-8(9-7)3-4-11-2/h5H,3-4H2,1-2H3. The minimum Gasteiger partial charge on any atom is -0.384 e. The summed E-state index contributed by atoms with van der Waals surface area (Å²) in [5.74, 6) is 0.0231. The second-order valence-corrected chi connectivity index (χ2v) is 3.37. The molecule has 1 rings (SSSR count). The second-order valence-electron chi connectivity index (χ2n) is 2.43. The summed E-state index contributed by atoms with van der Waals surface area (Å²) in [5, 5.41) is 2.75. The van der Waals surface area contributed by atoms with Crippen molar-refractivity contribution < 1.29 is 9.53 Å². The van der Waals surface area contributed by atoms with Gasteiger partial charge in [-0.25, -0.2) is 4.98 Å². The SMILES string of the molecule is COCCc1nc(C(C)=O)cs1. The number of nitrogens with zero attached hydrogens (tertiary/aromatic N) is 1. The number of methoxy groups -OCH3 is 1. The highest BCUT2D eigenvalue weighted by Gasteiger charge is 2.04. The Balaban J connectivity index is 2.58. The first-order chi connectivity index (χ1) is 5.74. The Kier molecular flexibility index (Phi) is 3.37. The molecular weight excluding hydrogens is 174 g/mol. The van der Waals surface area contributed by atoms with Crippen LogP contribution in [0.4, 0.5) is 0 Å². The number of hydrogen-bond donors (Lipinski definition) is 0. The summed E-state index contributed by atoms with van der Waals surface area (Å²) in [7, 11) is 1.65. The van der Waals surface area contributed by atoms with E-state index in [9.17, 15) is 4.79 Å². The number of carbonyl (C=O) groups is 1. The normalized spacial score (nSPS) is 10.2. The lowest BCUT2D eigenvalue weighted by Gasteiger charge is -1.92. The van der Waals surface area contributed by atoms with Crippen LogP contribution in [0.25, 0.3) is 0 Å². The molecule has 12 heavy (non-hydrogen) atoms. The first-order valence-corrected chi connectivity index (χ1v) is 4.56. The van der Waals surface area contributed by atoms with Gasteiger partial charge in [0.15, 0.2) is 5.78 Å². The zero-order valence-electron chi connectivity index (χ0n) is 7.16. The molecule has 0 unspecified atom stereocenters. The maximum atomic E-state index is 10.8. The molecule has 0 fully saturated rings. The lowest BCUT2D eigenvalue weighted by Crippen LogP contribution is -1.96. The number of rotatable bonds is 4. The number of thiazole rings is 1. The Labute approximate surface area is 75.4 Å². The summed E-state index contributed by atoms with van der Waals surface area (Å²) in [4.78, 5) is 15.0. The molecule has 1 aromatic rings. The third-order valence-corrected chi connectivity index (χ3v) is 2.34. The van der Waals surface area contributed by atoms with Crippen molar-refractivity contribution in [2.24, 2.45) is 0 Å². The predicted molar refractivity (Wildman–Crippen MR) is 47.7 cm³/mol. The lowest BCUT2D eigenvalue weighted by molar-refractivity contribution is 0.101. The average molecular weight is 185 g/mol. The molecule has 1 heterocycles. The Morgan fingerprint density at radius 1 is 1.75 bits per heavy atom. The molecule has 0 saturated carbocycles. The molecule has 0 radical (unpaired) electrons. The van der Waals surface area contributed by atoms with Gasteiger partial charge in [-0.05, 0) is 0 Å². The zero-order valence-corrected chi connectivity index (χ0v) is 7.98. The molecule has 0 spiro atoms. The van der Waals surface area contributed by atoms with Crippen LogP contribution in [0.1, 0.15) is 22.4 Å². The quantitative estimate of drug-likeness (QED) is 0.668.